The van der Waals surface area contributed by atoms with E-state index in [0.29, 0.717) is 0 Å². The maximum Gasteiger partial charge on any atom is 0.151 e. The van der Waals surface area contributed by atoms with E-state index in [9.17, 15) is 0 Å². The summed E-state index contributed by atoms with van der Waals surface area (Å²) in [5, 5.41) is 7.86. The lowest BCUT2D eigenvalue weighted by Crippen LogP contribution is -2.39. The van der Waals surface area contributed by atoms with Gasteiger partial charge in [-0.1, -0.05) is 146 Å². The zero-order valence-electron chi connectivity index (χ0n) is 22.2. The molecule has 0 amide bonds. The smallest absolute Gasteiger partial charge is 0.104 e. The monoisotopic (exact) mass is 569 g/mol. The minimum atomic E-state index is -2.43. The van der Waals surface area contributed by atoms with E-state index >= 15 is 0 Å². The predicted molar refractivity (Wildman–Crippen MR) is 184 cm³/mol. The summed E-state index contributed by atoms with van der Waals surface area (Å²) in [6, 6.07) is 66.4. The van der Waals surface area contributed by atoms with Crippen molar-refractivity contribution in [2.24, 2.45) is 0 Å². The van der Waals surface area contributed by atoms with Gasteiger partial charge in [-0.05, 0) is 52.3 Å². The van der Waals surface area contributed by atoms with Gasteiger partial charge in [-0.25, -0.2) is 0 Å². The molecule has 0 bridgehead atoms. The fourth-order valence-electron chi connectivity index (χ4n) is 5.72. The highest BCUT2D eigenvalue weighted by atomic mass is 32.1. The van der Waals surface area contributed by atoms with Gasteiger partial charge in [-0.3, -0.25) is 0 Å². The van der Waals surface area contributed by atoms with Crippen molar-refractivity contribution in [3.63, 3.8) is 0 Å². The molecule has 0 N–H and O–H groups in total. The minimum Gasteiger partial charge on any atom is -0.104 e. The molecule has 3 heteroatoms. The van der Waals surface area contributed by atoms with E-state index in [-0.39, 0.29) is 0 Å². The van der Waals surface area contributed by atoms with Crippen molar-refractivity contribution < 1.29 is 0 Å². The standard InChI is InChI=1S/C37H30P2S/c40-37(38(31-19-7-1-8-20-31,32-21-9-2-10-22-32)33-23-11-3-12-24-33)39(34-25-13-4-14-26-34,35-27-15-5-16-28-35)36-29-17-6-18-30-36/h1-30H/p+1. The third kappa shape index (κ3) is 4.49. The zero-order valence-corrected chi connectivity index (χ0v) is 24.8. The van der Waals surface area contributed by atoms with Crippen LogP contribution < -0.4 is 31.8 Å². The maximum atomic E-state index is 5.88. The van der Waals surface area contributed by atoms with E-state index in [0.717, 1.165) is 0 Å². The van der Waals surface area contributed by atoms with Gasteiger partial charge in [-0.2, -0.15) is 0 Å². The SMILES string of the molecule is SC(=P(c1ccccc1)(c1ccccc1)c1ccccc1)[P+](c1ccccc1)(c1ccccc1)c1ccccc1. The fourth-order valence-corrected chi connectivity index (χ4v) is 18.6. The van der Waals surface area contributed by atoms with E-state index in [1.165, 1.54) is 36.2 Å². The topological polar surface area (TPSA) is 0 Å². The Kier molecular flexibility index (Phi) is 7.90. The van der Waals surface area contributed by atoms with Crippen LogP contribution in [0.15, 0.2) is 182 Å². The van der Waals surface area contributed by atoms with E-state index in [1.54, 1.807) is 0 Å². The zero-order chi connectivity index (χ0) is 27.3. The van der Waals surface area contributed by atoms with E-state index in [2.05, 4.69) is 182 Å². The lowest BCUT2D eigenvalue weighted by atomic mass is 10.4. The van der Waals surface area contributed by atoms with Crippen LogP contribution >= 0.6 is 26.8 Å². The van der Waals surface area contributed by atoms with Crippen LogP contribution in [-0.4, -0.2) is 4.37 Å². The van der Waals surface area contributed by atoms with Crippen molar-refractivity contribution >= 4 is 63.0 Å². The summed E-state index contributed by atoms with van der Waals surface area (Å²) >= 11 is 5.88. The van der Waals surface area contributed by atoms with Crippen molar-refractivity contribution in [1.82, 2.24) is 0 Å². The summed E-state index contributed by atoms with van der Waals surface area (Å²) in [4.78, 5) is 0. The van der Waals surface area contributed by atoms with Gasteiger partial charge in [0.2, 0.25) is 0 Å². The third-order valence-electron chi connectivity index (χ3n) is 7.46. The molecular formula is C37H31P2S+. The van der Waals surface area contributed by atoms with Crippen LogP contribution in [0.1, 0.15) is 0 Å². The first kappa shape index (κ1) is 26.6. The quantitative estimate of drug-likeness (QED) is 0.156. The van der Waals surface area contributed by atoms with Crippen LogP contribution in [0.25, 0.3) is 0 Å². The van der Waals surface area contributed by atoms with E-state index in [4.69, 9.17) is 12.6 Å². The van der Waals surface area contributed by atoms with E-state index < -0.39 is 14.1 Å². The normalized spacial score (nSPS) is 11.6. The highest BCUT2D eigenvalue weighted by Gasteiger charge is 2.53. The molecule has 0 unspecified atom stereocenters. The Hall–Kier alpha value is -3.60. The first-order valence-corrected chi connectivity index (χ1v) is 17.5. The van der Waals surface area contributed by atoms with Gasteiger partial charge in [0, 0.05) is 6.89 Å². The number of hydrogen-bond donors (Lipinski definition) is 1. The van der Waals surface area contributed by atoms with Crippen molar-refractivity contribution in [1.29, 1.82) is 0 Å². The molecule has 0 saturated carbocycles. The average molecular weight is 570 g/mol. The Balaban J connectivity index is 1.94. The molecule has 0 saturated heterocycles. The maximum absolute atomic E-state index is 5.88. The first-order chi connectivity index (χ1) is 19.8. The molecule has 0 aliphatic carbocycles. The Morgan fingerprint density at radius 1 is 0.350 bits per heavy atom. The highest BCUT2D eigenvalue weighted by molar-refractivity contribution is 8.38. The Morgan fingerprint density at radius 3 is 0.825 bits per heavy atom. The summed E-state index contributed by atoms with van der Waals surface area (Å²) < 4.78 is 1.24. The molecule has 0 aliphatic rings. The van der Waals surface area contributed by atoms with Crippen molar-refractivity contribution in [3.05, 3.63) is 182 Å². The van der Waals surface area contributed by atoms with Crippen LogP contribution in [-0.2, 0) is 0 Å². The second-order valence-electron chi connectivity index (χ2n) is 9.65. The molecule has 0 spiro atoms. The lowest BCUT2D eigenvalue weighted by molar-refractivity contribution is 1.73. The number of thiol groups is 1. The molecule has 6 rings (SSSR count). The van der Waals surface area contributed by atoms with Gasteiger partial charge in [0.15, 0.2) is 7.26 Å². The Morgan fingerprint density at radius 2 is 0.575 bits per heavy atom. The van der Waals surface area contributed by atoms with Crippen LogP contribution in [0.3, 0.4) is 0 Å². The number of benzene rings is 6. The molecule has 0 atom stereocenters. The van der Waals surface area contributed by atoms with Gasteiger partial charge in [0.1, 0.15) is 20.3 Å². The summed E-state index contributed by atoms with van der Waals surface area (Å²) in [6.07, 6.45) is 0. The predicted octanol–water partition coefficient (Wildman–Crippen LogP) is 6.99. The largest absolute Gasteiger partial charge is 0.151 e. The molecule has 0 radical (unpaired) electrons. The van der Waals surface area contributed by atoms with Crippen LogP contribution in [0, 0.1) is 0 Å². The summed E-state index contributed by atoms with van der Waals surface area (Å²) in [5.41, 5.74) is 0. The highest BCUT2D eigenvalue weighted by Crippen LogP contribution is 2.66. The first-order valence-electron chi connectivity index (χ1n) is 13.5. The second kappa shape index (κ2) is 11.9. The number of rotatable bonds is 7. The van der Waals surface area contributed by atoms with Gasteiger partial charge in [-0.15, -0.1) is 12.6 Å². The molecule has 194 valence electrons. The molecule has 0 fully saturated rings. The molecule has 6 aromatic carbocycles. The summed E-state index contributed by atoms with van der Waals surface area (Å²) in [6.45, 7) is -2.43. The number of hydrogen-bond acceptors (Lipinski definition) is 0. The molecule has 0 nitrogen and oxygen atoms in total. The van der Waals surface area contributed by atoms with Crippen LogP contribution in [0.5, 0.6) is 0 Å². The van der Waals surface area contributed by atoms with Crippen molar-refractivity contribution in [2.75, 3.05) is 0 Å². The van der Waals surface area contributed by atoms with Gasteiger partial charge in [0.25, 0.3) is 0 Å². The molecular weight excluding hydrogens is 538 g/mol. The molecule has 40 heavy (non-hydrogen) atoms. The van der Waals surface area contributed by atoms with E-state index in [1.807, 2.05) is 0 Å². The molecule has 0 aromatic heterocycles. The molecule has 0 aliphatic heterocycles. The van der Waals surface area contributed by atoms with Gasteiger partial charge in [0.05, 0.1) is 0 Å². The van der Waals surface area contributed by atoms with Crippen molar-refractivity contribution in [2.45, 2.75) is 0 Å². The van der Waals surface area contributed by atoms with Crippen LogP contribution in [0.2, 0.25) is 0 Å². The van der Waals surface area contributed by atoms with Gasteiger partial charge >= 0.3 is 0 Å². The second-order valence-corrected chi connectivity index (χ2v) is 17.8. The van der Waals surface area contributed by atoms with Crippen molar-refractivity contribution in [3.8, 4) is 0 Å². The lowest BCUT2D eigenvalue weighted by Gasteiger charge is -2.36. The van der Waals surface area contributed by atoms with Crippen LogP contribution in [0.4, 0.5) is 0 Å². The fraction of sp³-hybridized carbons (Fsp3) is 0. The minimum absolute atomic E-state index is 1.24. The summed E-state index contributed by atoms with van der Waals surface area (Å²) in [7, 11) is -2.43. The molecule has 6 aromatic rings. The third-order valence-corrected chi connectivity index (χ3v) is 18.7. The van der Waals surface area contributed by atoms with Gasteiger partial charge < -0.3 is 0 Å². The average Bonchev–Trinajstić information content (AvgIpc) is 3.05. The molecule has 0 heterocycles. The Labute approximate surface area is 244 Å². The Bertz CT molecular complexity index is 1520. The summed E-state index contributed by atoms with van der Waals surface area (Å²) in [5.74, 6) is 0.